The Morgan fingerprint density at radius 2 is 2.36 bits per heavy atom. The molecular formula is C8H9NO2. The van der Waals surface area contributed by atoms with Gasteiger partial charge < -0.3 is 5.11 Å². The lowest BCUT2D eigenvalue weighted by Gasteiger charge is -1.95. The Hall–Kier alpha value is -1.22. The van der Waals surface area contributed by atoms with Gasteiger partial charge in [-0.3, -0.25) is 9.78 Å². The molecule has 3 heteroatoms. The Morgan fingerprint density at radius 1 is 1.64 bits per heavy atom. The number of rotatable bonds is 2. The van der Waals surface area contributed by atoms with Crippen molar-refractivity contribution >= 4 is 5.78 Å². The van der Waals surface area contributed by atoms with E-state index in [-0.39, 0.29) is 12.4 Å². The molecule has 0 unspecified atom stereocenters. The molecule has 0 radical (unpaired) electrons. The lowest BCUT2D eigenvalue weighted by Crippen LogP contribution is -1.96. The van der Waals surface area contributed by atoms with Gasteiger partial charge in [0.1, 0.15) is 5.69 Å². The van der Waals surface area contributed by atoms with Gasteiger partial charge in [-0.05, 0) is 11.6 Å². The number of nitrogens with zero attached hydrogens (tertiary/aromatic N) is 1. The number of aromatic nitrogens is 1. The third-order valence-electron chi connectivity index (χ3n) is 1.37. The molecule has 0 amide bonds. The second kappa shape index (κ2) is 3.25. The third-order valence-corrected chi connectivity index (χ3v) is 1.37. The Bertz CT molecular complexity index is 253. The van der Waals surface area contributed by atoms with E-state index in [1.807, 2.05) is 0 Å². The van der Waals surface area contributed by atoms with Gasteiger partial charge in [-0.25, -0.2) is 0 Å². The summed E-state index contributed by atoms with van der Waals surface area (Å²) < 4.78 is 0. The molecule has 0 saturated heterocycles. The van der Waals surface area contributed by atoms with Crippen LogP contribution in [0.3, 0.4) is 0 Å². The first-order valence-corrected chi connectivity index (χ1v) is 3.31. The standard InChI is InChI=1S/C8H9NO2/c1-6(11)8-3-2-7(5-10)4-9-8/h2-4,10H,5H2,1H3. The van der Waals surface area contributed by atoms with E-state index in [1.165, 1.54) is 13.1 Å². The first-order chi connectivity index (χ1) is 5.24. The van der Waals surface area contributed by atoms with Crippen molar-refractivity contribution < 1.29 is 9.90 Å². The van der Waals surface area contributed by atoms with E-state index >= 15 is 0 Å². The van der Waals surface area contributed by atoms with Crippen LogP contribution >= 0.6 is 0 Å². The van der Waals surface area contributed by atoms with E-state index in [4.69, 9.17) is 5.11 Å². The fourth-order valence-electron chi connectivity index (χ4n) is 0.726. The summed E-state index contributed by atoms with van der Waals surface area (Å²) >= 11 is 0. The van der Waals surface area contributed by atoms with E-state index in [1.54, 1.807) is 12.1 Å². The van der Waals surface area contributed by atoms with E-state index in [0.29, 0.717) is 5.69 Å². The van der Waals surface area contributed by atoms with Crippen LogP contribution in [0.15, 0.2) is 18.3 Å². The second-order valence-corrected chi connectivity index (χ2v) is 2.27. The Labute approximate surface area is 64.7 Å². The minimum atomic E-state index is -0.0607. The van der Waals surface area contributed by atoms with Crippen molar-refractivity contribution in [3.05, 3.63) is 29.6 Å². The number of carbonyl (C=O) groups excluding carboxylic acids is 1. The smallest absolute Gasteiger partial charge is 0.178 e. The molecule has 1 rings (SSSR count). The largest absolute Gasteiger partial charge is 0.392 e. The first-order valence-electron chi connectivity index (χ1n) is 3.31. The van der Waals surface area contributed by atoms with Crippen LogP contribution in [0.2, 0.25) is 0 Å². The van der Waals surface area contributed by atoms with Crippen LogP contribution in [0.5, 0.6) is 0 Å². The quantitative estimate of drug-likeness (QED) is 0.635. The lowest BCUT2D eigenvalue weighted by atomic mass is 10.2. The van der Waals surface area contributed by atoms with Crippen molar-refractivity contribution in [3.8, 4) is 0 Å². The summed E-state index contributed by atoms with van der Waals surface area (Å²) in [5.74, 6) is -0.0607. The molecule has 0 aliphatic rings. The Kier molecular flexibility index (Phi) is 2.33. The molecule has 0 aliphatic carbocycles. The molecule has 0 atom stereocenters. The van der Waals surface area contributed by atoms with Crippen molar-refractivity contribution in [2.45, 2.75) is 13.5 Å². The lowest BCUT2D eigenvalue weighted by molar-refractivity contribution is 0.101. The second-order valence-electron chi connectivity index (χ2n) is 2.27. The highest BCUT2D eigenvalue weighted by Crippen LogP contribution is 2.00. The van der Waals surface area contributed by atoms with Crippen molar-refractivity contribution in [1.82, 2.24) is 4.98 Å². The number of carbonyl (C=O) groups is 1. The third kappa shape index (κ3) is 1.85. The summed E-state index contributed by atoms with van der Waals surface area (Å²) in [4.78, 5) is 14.6. The molecule has 0 spiro atoms. The molecule has 11 heavy (non-hydrogen) atoms. The van der Waals surface area contributed by atoms with Crippen molar-refractivity contribution in [3.63, 3.8) is 0 Å². The van der Waals surface area contributed by atoms with Crippen LogP contribution in [0, 0.1) is 0 Å². The van der Waals surface area contributed by atoms with Gasteiger partial charge >= 0.3 is 0 Å². The van der Waals surface area contributed by atoms with E-state index in [9.17, 15) is 4.79 Å². The predicted molar refractivity (Wildman–Crippen MR) is 40.2 cm³/mol. The highest BCUT2D eigenvalue weighted by Gasteiger charge is 1.98. The maximum atomic E-state index is 10.7. The summed E-state index contributed by atoms with van der Waals surface area (Å²) in [7, 11) is 0. The van der Waals surface area contributed by atoms with Crippen LogP contribution in [0.25, 0.3) is 0 Å². The average molecular weight is 151 g/mol. The molecular weight excluding hydrogens is 142 g/mol. The Balaban J connectivity index is 2.91. The van der Waals surface area contributed by atoms with Gasteiger partial charge in [-0.15, -0.1) is 0 Å². The van der Waals surface area contributed by atoms with Crippen molar-refractivity contribution in [1.29, 1.82) is 0 Å². The fraction of sp³-hybridized carbons (Fsp3) is 0.250. The van der Waals surface area contributed by atoms with Crippen LogP contribution in [0.4, 0.5) is 0 Å². The molecule has 0 fully saturated rings. The number of pyridine rings is 1. The topological polar surface area (TPSA) is 50.2 Å². The number of aliphatic hydroxyl groups is 1. The number of hydrogen-bond donors (Lipinski definition) is 1. The van der Waals surface area contributed by atoms with Crippen LogP contribution in [0.1, 0.15) is 23.0 Å². The highest BCUT2D eigenvalue weighted by molar-refractivity contribution is 5.91. The van der Waals surface area contributed by atoms with E-state index < -0.39 is 0 Å². The van der Waals surface area contributed by atoms with Crippen molar-refractivity contribution in [2.75, 3.05) is 0 Å². The zero-order chi connectivity index (χ0) is 8.27. The summed E-state index contributed by atoms with van der Waals surface area (Å²) in [6.45, 7) is 1.42. The number of hydrogen-bond acceptors (Lipinski definition) is 3. The van der Waals surface area contributed by atoms with E-state index in [0.717, 1.165) is 5.56 Å². The monoisotopic (exact) mass is 151 g/mol. The molecule has 1 N–H and O–H groups in total. The zero-order valence-corrected chi connectivity index (χ0v) is 6.24. The number of aliphatic hydroxyl groups excluding tert-OH is 1. The van der Waals surface area contributed by atoms with Gasteiger partial charge in [-0.1, -0.05) is 6.07 Å². The molecule has 1 heterocycles. The highest BCUT2D eigenvalue weighted by atomic mass is 16.3. The zero-order valence-electron chi connectivity index (χ0n) is 6.24. The minimum absolute atomic E-state index is 0.0365. The summed E-state index contributed by atoms with van der Waals surface area (Å²) in [5.41, 5.74) is 1.15. The fourth-order valence-corrected chi connectivity index (χ4v) is 0.726. The van der Waals surface area contributed by atoms with Crippen LogP contribution in [-0.4, -0.2) is 15.9 Å². The molecule has 0 bridgehead atoms. The molecule has 0 aliphatic heterocycles. The normalized spacial score (nSPS) is 9.64. The van der Waals surface area contributed by atoms with Crippen LogP contribution < -0.4 is 0 Å². The van der Waals surface area contributed by atoms with Crippen molar-refractivity contribution in [2.24, 2.45) is 0 Å². The molecule has 58 valence electrons. The summed E-state index contributed by atoms with van der Waals surface area (Å²) in [6.07, 6.45) is 1.50. The number of ketones is 1. The van der Waals surface area contributed by atoms with Gasteiger partial charge in [0.05, 0.1) is 6.61 Å². The summed E-state index contributed by atoms with van der Waals surface area (Å²) in [6, 6.07) is 3.29. The van der Waals surface area contributed by atoms with Gasteiger partial charge in [0, 0.05) is 13.1 Å². The van der Waals surface area contributed by atoms with Gasteiger partial charge in [0.25, 0.3) is 0 Å². The molecule has 3 nitrogen and oxygen atoms in total. The molecule has 1 aromatic rings. The van der Waals surface area contributed by atoms with Gasteiger partial charge in [-0.2, -0.15) is 0 Å². The minimum Gasteiger partial charge on any atom is -0.392 e. The van der Waals surface area contributed by atoms with Crippen LogP contribution in [-0.2, 0) is 6.61 Å². The van der Waals surface area contributed by atoms with E-state index in [2.05, 4.69) is 4.98 Å². The van der Waals surface area contributed by atoms with Gasteiger partial charge in [0.15, 0.2) is 5.78 Å². The SMILES string of the molecule is CC(=O)c1ccc(CO)cn1. The maximum absolute atomic E-state index is 10.7. The molecule has 0 aromatic carbocycles. The number of Topliss-reactive ketones (excluding diaryl/α,β-unsaturated/α-hetero) is 1. The molecule has 1 aromatic heterocycles. The summed E-state index contributed by atoms with van der Waals surface area (Å²) in [5, 5.41) is 8.64. The Morgan fingerprint density at radius 3 is 2.73 bits per heavy atom. The maximum Gasteiger partial charge on any atom is 0.178 e. The average Bonchev–Trinajstić information content (AvgIpc) is 2.05. The molecule has 0 saturated carbocycles. The first kappa shape index (κ1) is 7.88. The van der Waals surface area contributed by atoms with Gasteiger partial charge in [0.2, 0.25) is 0 Å². The predicted octanol–water partition coefficient (Wildman–Crippen LogP) is 0.776.